The van der Waals surface area contributed by atoms with Gasteiger partial charge in [0.1, 0.15) is 11.7 Å². The summed E-state index contributed by atoms with van der Waals surface area (Å²) < 4.78 is 52.9. The number of aliphatic imine (C=N–C) groups is 1. The van der Waals surface area contributed by atoms with E-state index in [2.05, 4.69) is 100 Å². The Morgan fingerprint density at radius 2 is 1.54 bits per heavy atom. The monoisotopic (exact) mass is 728 g/mol. The molecule has 0 aliphatic heterocycles. The molecular weight excluding hydrogens is 659 g/mol. The summed E-state index contributed by atoms with van der Waals surface area (Å²) in [5, 5.41) is 2.78. The number of aryl methyl sites for hydroxylation is 1. The van der Waals surface area contributed by atoms with Crippen LogP contribution in [-0.4, -0.2) is 30.9 Å². The number of rotatable bonds is 15. The molecule has 0 atom stereocenters. The van der Waals surface area contributed by atoms with Gasteiger partial charge in [-0.1, -0.05) is 129 Å². The molecule has 0 saturated heterocycles. The molecular formula is C45H69F4N3. The van der Waals surface area contributed by atoms with E-state index in [9.17, 15) is 17.6 Å². The van der Waals surface area contributed by atoms with E-state index in [1.54, 1.807) is 13.1 Å². The number of hydrogen-bond acceptors (Lipinski definition) is 2. The van der Waals surface area contributed by atoms with Crippen molar-refractivity contribution in [2.45, 2.75) is 145 Å². The van der Waals surface area contributed by atoms with Crippen molar-refractivity contribution >= 4 is 17.1 Å². The highest BCUT2D eigenvalue weighted by Crippen LogP contribution is 2.32. The average Bonchev–Trinajstić information content (AvgIpc) is 3.11. The minimum absolute atomic E-state index is 0.00810. The second kappa shape index (κ2) is 26.6. The van der Waals surface area contributed by atoms with Crippen molar-refractivity contribution in [3.63, 3.8) is 0 Å². The molecule has 0 aromatic heterocycles. The zero-order chi connectivity index (χ0) is 38.9. The number of hydrogen-bond donors (Lipinski definition) is 1. The van der Waals surface area contributed by atoms with Crippen molar-refractivity contribution in [2.24, 2.45) is 10.9 Å². The van der Waals surface area contributed by atoms with Crippen molar-refractivity contribution in [1.82, 2.24) is 4.90 Å². The molecule has 2 aromatic carbocycles. The summed E-state index contributed by atoms with van der Waals surface area (Å²) in [6.07, 6.45) is 17.9. The molecule has 1 fully saturated rings. The standard InChI is InChI=1S/C29H34F4N2.C9H21N.C7H14/c1-6-9-11-20(4)28(27(10-7-2)23-14-12-22(8-3)13-15-23)19-34-21(5)35-26-17-24(29(31,32)33)16-25(30)18-26;1-4-6-7-9-10(3)8-5-2;1-7-5-3-2-4-6-7/h10-19H,6-9H2,1-5H3,(H,34,35);4-9H2,1-3H3;7H,2-6H2,1H3/b20-11+,27-10-,28-19+;;. The van der Waals surface area contributed by atoms with Crippen LogP contribution in [0.3, 0.4) is 0 Å². The van der Waals surface area contributed by atoms with E-state index in [4.69, 9.17) is 0 Å². The van der Waals surface area contributed by atoms with Crippen molar-refractivity contribution in [3.8, 4) is 0 Å². The summed E-state index contributed by atoms with van der Waals surface area (Å²) in [5.41, 5.74) is 4.30. The van der Waals surface area contributed by atoms with E-state index < -0.39 is 17.6 Å². The Bertz CT molecular complexity index is 1380. The van der Waals surface area contributed by atoms with E-state index in [0.717, 1.165) is 66.0 Å². The number of allylic oxidation sites excluding steroid dienone is 5. The fourth-order valence-corrected chi connectivity index (χ4v) is 6.02. The van der Waals surface area contributed by atoms with Crippen molar-refractivity contribution < 1.29 is 17.6 Å². The fourth-order valence-electron chi connectivity index (χ4n) is 6.02. The highest BCUT2D eigenvalue weighted by molar-refractivity contribution is 5.94. The molecule has 292 valence electrons. The molecule has 3 rings (SSSR count). The second-order valence-electron chi connectivity index (χ2n) is 14.1. The van der Waals surface area contributed by atoms with Gasteiger partial charge in [0.05, 0.1) is 5.56 Å². The number of unbranched alkanes of at least 4 members (excludes halogenated alkanes) is 3. The van der Waals surface area contributed by atoms with Gasteiger partial charge >= 0.3 is 6.18 Å². The number of nitrogens with one attached hydrogen (secondary N) is 1. The summed E-state index contributed by atoms with van der Waals surface area (Å²) >= 11 is 0. The maximum atomic E-state index is 13.8. The van der Waals surface area contributed by atoms with Gasteiger partial charge in [-0.2, -0.15) is 13.2 Å². The summed E-state index contributed by atoms with van der Waals surface area (Å²) in [4.78, 5) is 6.90. The number of anilines is 1. The molecule has 0 heterocycles. The van der Waals surface area contributed by atoms with Crippen LogP contribution in [0.1, 0.15) is 149 Å². The predicted molar refractivity (Wildman–Crippen MR) is 219 cm³/mol. The smallest absolute Gasteiger partial charge is 0.344 e. The largest absolute Gasteiger partial charge is 0.416 e. The van der Waals surface area contributed by atoms with Crippen LogP contribution in [0.25, 0.3) is 5.57 Å². The zero-order valence-corrected chi connectivity index (χ0v) is 33.9. The van der Waals surface area contributed by atoms with E-state index in [-0.39, 0.29) is 5.69 Å². The summed E-state index contributed by atoms with van der Waals surface area (Å²) in [6, 6.07) is 10.8. The first-order valence-corrected chi connectivity index (χ1v) is 19.8. The molecule has 0 unspecified atom stereocenters. The van der Waals surface area contributed by atoms with Gasteiger partial charge in [-0.15, -0.1) is 0 Å². The maximum absolute atomic E-state index is 13.8. The molecule has 0 amide bonds. The molecule has 1 aliphatic carbocycles. The van der Waals surface area contributed by atoms with Crippen LogP contribution in [-0.2, 0) is 12.6 Å². The quantitative estimate of drug-likeness (QED) is 0.0650. The van der Waals surface area contributed by atoms with Crippen LogP contribution < -0.4 is 5.32 Å². The predicted octanol–water partition coefficient (Wildman–Crippen LogP) is 14.5. The second-order valence-corrected chi connectivity index (χ2v) is 14.1. The number of amidine groups is 1. The lowest BCUT2D eigenvalue weighted by molar-refractivity contribution is -0.137. The van der Waals surface area contributed by atoms with Crippen LogP contribution in [0.4, 0.5) is 23.2 Å². The van der Waals surface area contributed by atoms with Crippen molar-refractivity contribution in [1.29, 1.82) is 0 Å². The van der Waals surface area contributed by atoms with Crippen LogP contribution in [0, 0.1) is 11.7 Å². The maximum Gasteiger partial charge on any atom is 0.416 e. The lowest BCUT2D eigenvalue weighted by Gasteiger charge is -2.15. The number of benzene rings is 2. The van der Waals surface area contributed by atoms with Crippen LogP contribution >= 0.6 is 0 Å². The lowest BCUT2D eigenvalue weighted by Crippen LogP contribution is -2.20. The van der Waals surface area contributed by atoms with Crippen LogP contribution in [0.2, 0.25) is 0 Å². The van der Waals surface area contributed by atoms with E-state index >= 15 is 0 Å². The molecule has 1 N–H and O–H groups in total. The third-order valence-electron chi connectivity index (χ3n) is 9.12. The Morgan fingerprint density at radius 1 is 0.865 bits per heavy atom. The molecule has 2 aromatic rings. The Hall–Kier alpha value is -3.19. The zero-order valence-electron chi connectivity index (χ0n) is 33.9. The van der Waals surface area contributed by atoms with Gasteiger partial charge in [0.25, 0.3) is 0 Å². The highest BCUT2D eigenvalue weighted by Gasteiger charge is 2.31. The third kappa shape index (κ3) is 19.6. The molecule has 0 spiro atoms. The minimum Gasteiger partial charge on any atom is -0.344 e. The van der Waals surface area contributed by atoms with E-state index in [1.807, 2.05) is 6.92 Å². The first kappa shape index (κ1) is 46.8. The number of alkyl halides is 3. The summed E-state index contributed by atoms with van der Waals surface area (Å²) in [6.45, 7) is 19.3. The molecule has 0 bridgehead atoms. The van der Waals surface area contributed by atoms with E-state index in [0.29, 0.717) is 11.9 Å². The molecule has 1 saturated carbocycles. The minimum atomic E-state index is -4.63. The van der Waals surface area contributed by atoms with Crippen molar-refractivity contribution in [3.05, 3.63) is 94.5 Å². The fraction of sp³-hybridized carbons (Fsp3) is 0.578. The Balaban J connectivity index is 0.000000647. The normalized spacial score (nSPS) is 14.8. The summed E-state index contributed by atoms with van der Waals surface area (Å²) in [7, 11) is 2.21. The van der Waals surface area contributed by atoms with Gasteiger partial charge in [0.2, 0.25) is 0 Å². The first-order valence-electron chi connectivity index (χ1n) is 19.8. The van der Waals surface area contributed by atoms with Gasteiger partial charge in [-0.25, -0.2) is 9.38 Å². The third-order valence-corrected chi connectivity index (χ3v) is 9.12. The van der Waals surface area contributed by atoms with Gasteiger partial charge < -0.3 is 10.2 Å². The topological polar surface area (TPSA) is 27.6 Å². The summed E-state index contributed by atoms with van der Waals surface area (Å²) in [5.74, 6) is 0.420. The molecule has 0 radical (unpaired) electrons. The number of nitrogens with zero attached hydrogens (tertiary/aromatic N) is 2. The lowest BCUT2D eigenvalue weighted by atomic mass is 9.91. The van der Waals surface area contributed by atoms with Crippen molar-refractivity contribution in [2.75, 3.05) is 25.5 Å². The highest BCUT2D eigenvalue weighted by atomic mass is 19.4. The Morgan fingerprint density at radius 3 is 2.06 bits per heavy atom. The van der Waals surface area contributed by atoms with E-state index in [1.165, 1.54) is 76.4 Å². The van der Waals surface area contributed by atoms with Gasteiger partial charge in [0.15, 0.2) is 0 Å². The van der Waals surface area contributed by atoms with Gasteiger partial charge in [-0.05, 0) is 112 Å². The average molecular weight is 728 g/mol. The Kier molecular flexibility index (Phi) is 23.9. The van der Waals surface area contributed by atoms with Crippen LogP contribution in [0.15, 0.2) is 77.0 Å². The molecule has 1 aliphatic rings. The number of halogens is 4. The Labute approximate surface area is 314 Å². The SMILES string of the molecule is CC1CCCCC1.CCCCCN(C)CCC.CC\C=C(C(=C/N=C(C)Nc1cc(F)cc(C(F)(F)F)c1)/C(C)=C/CCC)\c1ccc(CC)cc1. The molecule has 7 heteroatoms. The van der Waals surface area contributed by atoms with Gasteiger partial charge in [0, 0.05) is 17.5 Å². The molecule has 3 nitrogen and oxygen atoms in total. The molecule has 52 heavy (non-hydrogen) atoms. The van der Waals surface area contributed by atoms with Crippen LogP contribution in [0.5, 0.6) is 0 Å². The first-order chi connectivity index (χ1) is 24.8. The van der Waals surface area contributed by atoms with Gasteiger partial charge in [-0.3, -0.25) is 0 Å².